The van der Waals surface area contributed by atoms with Crippen molar-refractivity contribution >= 4 is 23.0 Å². The highest BCUT2D eigenvalue weighted by Gasteiger charge is 2.23. The Hall–Kier alpha value is -2.29. The third-order valence-electron chi connectivity index (χ3n) is 2.92. The van der Waals surface area contributed by atoms with Crippen molar-refractivity contribution in [3.05, 3.63) is 54.1 Å². The van der Waals surface area contributed by atoms with Gasteiger partial charge in [-0.3, -0.25) is 4.79 Å². The van der Waals surface area contributed by atoms with Crippen LogP contribution in [-0.2, 0) is 0 Å². The quantitative estimate of drug-likeness (QED) is 0.676. The van der Waals surface area contributed by atoms with Crippen LogP contribution in [0, 0.1) is 0 Å². The number of benzene rings is 2. The molecule has 3 rings (SSSR count). The van der Waals surface area contributed by atoms with Gasteiger partial charge in [0.15, 0.2) is 0 Å². The Kier molecular flexibility index (Phi) is 2.11. The van der Waals surface area contributed by atoms with Crippen molar-refractivity contribution in [2.75, 3.05) is 11.9 Å². The molecule has 3 nitrogen and oxygen atoms in total. The normalized spacial score (nSPS) is 13.5. The van der Waals surface area contributed by atoms with Crippen molar-refractivity contribution in [3.8, 4) is 0 Å². The van der Waals surface area contributed by atoms with Gasteiger partial charge in [0.25, 0.3) is 5.91 Å². The summed E-state index contributed by atoms with van der Waals surface area (Å²) >= 11 is 0. The van der Waals surface area contributed by atoms with Crippen LogP contribution in [-0.4, -0.2) is 13.0 Å². The first-order valence-corrected chi connectivity index (χ1v) is 5.45. The first-order valence-electron chi connectivity index (χ1n) is 5.45. The van der Waals surface area contributed by atoms with Crippen molar-refractivity contribution < 1.29 is 4.79 Å². The van der Waals surface area contributed by atoms with Crippen LogP contribution in [0.4, 0.5) is 17.1 Å². The van der Waals surface area contributed by atoms with E-state index in [9.17, 15) is 4.79 Å². The summed E-state index contributed by atoms with van der Waals surface area (Å²) in [6, 6.07) is 15.1. The SMILES string of the molecule is CN1C(=O)c2ccccc2[N]c2ccccc21. The van der Waals surface area contributed by atoms with Crippen molar-refractivity contribution in [2.45, 2.75) is 0 Å². The van der Waals surface area contributed by atoms with E-state index >= 15 is 0 Å². The molecule has 0 bridgehead atoms. The summed E-state index contributed by atoms with van der Waals surface area (Å²) in [6.45, 7) is 0. The maximum atomic E-state index is 12.3. The van der Waals surface area contributed by atoms with Crippen LogP contribution in [0.5, 0.6) is 0 Å². The Morgan fingerprint density at radius 1 is 0.941 bits per heavy atom. The fourth-order valence-corrected chi connectivity index (χ4v) is 2.01. The monoisotopic (exact) mass is 223 g/mol. The highest BCUT2D eigenvalue weighted by Crippen LogP contribution is 2.34. The van der Waals surface area contributed by atoms with Crippen molar-refractivity contribution in [2.24, 2.45) is 0 Å². The van der Waals surface area contributed by atoms with Crippen molar-refractivity contribution in [3.63, 3.8) is 0 Å². The molecule has 0 aromatic heterocycles. The lowest BCUT2D eigenvalue weighted by Crippen LogP contribution is -2.25. The zero-order valence-corrected chi connectivity index (χ0v) is 9.42. The fraction of sp³-hybridized carbons (Fsp3) is 0.0714. The van der Waals surface area contributed by atoms with Gasteiger partial charge in [0.1, 0.15) is 0 Å². The van der Waals surface area contributed by atoms with Gasteiger partial charge >= 0.3 is 0 Å². The first-order chi connectivity index (χ1) is 8.27. The van der Waals surface area contributed by atoms with Crippen LogP contribution >= 0.6 is 0 Å². The van der Waals surface area contributed by atoms with Crippen LogP contribution in [0.1, 0.15) is 10.4 Å². The number of hydrogen-bond acceptors (Lipinski definition) is 1. The lowest BCUT2D eigenvalue weighted by Gasteiger charge is -2.16. The van der Waals surface area contributed by atoms with Crippen molar-refractivity contribution in [1.29, 1.82) is 0 Å². The summed E-state index contributed by atoms with van der Waals surface area (Å²) in [6.07, 6.45) is 0. The molecular formula is C14H11N2O. The van der Waals surface area contributed by atoms with Crippen LogP contribution in [0.3, 0.4) is 0 Å². The van der Waals surface area contributed by atoms with E-state index in [1.165, 1.54) is 0 Å². The second-order valence-electron chi connectivity index (χ2n) is 3.98. The molecule has 0 atom stereocenters. The minimum absolute atomic E-state index is 0.0192. The summed E-state index contributed by atoms with van der Waals surface area (Å²) < 4.78 is 0. The predicted molar refractivity (Wildman–Crippen MR) is 67.1 cm³/mol. The molecule has 3 heteroatoms. The van der Waals surface area contributed by atoms with Gasteiger partial charge < -0.3 is 4.90 Å². The van der Waals surface area contributed by atoms with Crippen LogP contribution in [0.25, 0.3) is 0 Å². The highest BCUT2D eigenvalue weighted by atomic mass is 16.2. The summed E-state index contributed by atoms with van der Waals surface area (Å²) in [7, 11) is 1.78. The molecule has 0 saturated heterocycles. The topological polar surface area (TPSA) is 34.4 Å². The first kappa shape index (κ1) is 9.90. The van der Waals surface area contributed by atoms with Gasteiger partial charge in [-0.25, -0.2) is 5.32 Å². The molecule has 1 heterocycles. The van der Waals surface area contributed by atoms with E-state index in [0.29, 0.717) is 5.56 Å². The van der Waals surface area contributed by atoms with E-state index < -0.39 is 0 Å². The molecule has 83 valence electrons. The third-order valence-corrected chi connectivity index (χ3v) is 2.92. The number of fused-ring (bicyclic) bond motifs is 2. The minimum Gasteiger partial charge on any atom is -0.309 e. The molecule has 1 aliphatic heterocycles. The van der Waals surface area contributed by atoms with E-state index in [4.69, 9.17) is 0 Å². The molecule has 0 spiro atoms. The van der Waals surface area contributed by atoms with Gasteiger partial charge in [-0.1, -0.05) is 24.3 Å². The number of anilines is 1. The Morgan fingerprint density at radius 3 is 2.41 bits per heavy atom. The molecule has 0 fully saturated rings. The molecule has 0 unspecified atom stereocenters. The van der Waals surface area contributed by atoms with Gasteiger partial charge in [0, 0.05) is 7.05 Å². The number of nitrogens with zero attached hydrogens (tertiary/aromatic N) is 2. The smallest absolute Gasteiger partial charge is 0.260 e. The van der Waals surface area contributed by atoms with Crippen LogP contribution in [0.2, 0.25) is 0 Å². The Labute approximate surface area is 99.7 Å². The summed E-state index contributed by atoms with van der Waals surface area (Å²) in [5, 5.41) is 4.54. The Balaban J connectivity index is 2.24. The van der Waals surface area contributed by atoms with Crippen LogP contribution < -0.4 is 10.2 Å². The molecule has 2 aromatic carbocycles. The largest absolute Gasteiger partial charge is 0.309 e. The molecule has 1 radical (unpaired) electrons. The lowest BCUT2D eigenvalue weighted by molar-refractivity contribution is 0.0994. The molecule has 2 aromatic rings. The molecule has 17 heavy (non-hydrogen) atoms. The molecular weight excluding hydrogens is 212 g/mol. The number of amides is 1. The van der Waals surface area contributed by atoms with E-state index in [1.807, 2.05) is 48.5 Å². The summed E-state index contributed by atoms with van der Waals surface area (Å²) in [4.78, 5) is 13.9. The van der Waals surface area contributed by atoms with E-state index in [0.717, 1.165) is 17.1 Å². The van der Waals surface area contributed by atoms with E-state index in [-0.39, 0.29) is 5.91 Å². The Morgan fingerprint density at radius 2 is 1.59 bits per heavy atom. The number of hydrogen-bond donors (Lipinski definition) is 0. The fourth-order valence-electron chi connectivity index (χ4n) is 2.01. The summed E-state index contributed by atoms with van der Waals surface area (Å²) in [5.74, 6) is -0.0192. The molecule has 0 aliphatic carbocycles. The zero-order chi connectivity index (χ0) is 11.8. The molecule has 1 aliphatic rings. The zero-order valence-electron chi connectivity index (χ0n) is 9.42. The van der Waals surface area contributed by atoms with Gasteiger partial charge in [-0.15, -0.1) is 0 Å². The second kappa shape index (κ2) is 3.63. The number of carbonyl (C=O) groups excluding carboxylic acids is 1. The van der Waals surface area contributed by atoms with Gasteiger partial charge in [-0.05, 0) is 24.3 Å². The molecule has 0 N–H and O–H groups in total. The number of rotatable bonds is 0. The number of para-hydroxylation sites is 3. The van der Waals surface area contributed by atoms with Gasteiger partial charge in [0.2, 0.25) is 0 Å². The van der Waals surface area contributed by atoms with Gasteiger partial charge in [0.05, 0.1) is 22.6 Å². The third kappa shape index (κ3) is 1.47. The highest BCUT2D eigenvalue weighted by molar-refractivity contribution is 6.11. The maximum absolute atomic E-state index is 12.3. The van der Waals surface area contributed by atoms with E-state index in [2.05, 4.69) is 5.32 Å². The average Bonchev–Trinajstić information content (AvgIpc) is 2.48. The summed E-state index contributed by atoms with van der Waals surface area (Å²) in [5.41, 5.74) is 3.04. The van der Waals surface area contributed by atoms with Gasteiger partial charge in [-0.2, -0.15) is 0 Å². The van der Waals surface area contributed by atoms with E-state index in [1.54, 1.807) is 11.9 Å². The Bertz CT molecular complexity index is 592. The maximum Gasteiger partial charge on any atom is 0.260 e. The predicted octanol–water partition coefficient (Wildman–Crippen LogP) is 2.84. The molecule has 0 saturated carbocycles. The molecule has 1 amide bonds. The lowest BCUT2D eigenvalue weighted by atomic mass is 10.1. The van der Waals surface area contributed by atoms with Crippen molar-refractivity contribution in [1.82, 2.24) is 5.32 Å². The minimum atomic E-state index is -0.0192. The standard InChI is InChI=1S/C14H11N2O/c1-16-13-9-5-4-8-12(13)15-11-7-3-2-6-10(11)14(16)17/h2-9H,1H3. The second-order valence-corrected chi connectivity index (χ2v) is 3.98. The average molecular weight is 223 g/mol. The number of carbonyl (C=O) groups is 1. The van der Waals surface area contributed by atoms with Crippen LogP contribution in [0.15, 0.2) is 48.5 Å².